The molecule has 12 heavy (non-hydrogen) atoms. The highest BCUT2D eigenvalue weighted by molar-refractivity contribution is 5.48. The van der Waals surface area contributed by atoms with Crippen LogP contribution in [-0.4, -0.2) is 9.78 Å². The Bertz CT molecular complexity index is 329. The Balaban J connectivity index is 2.24. The van der Waals surface area contributed by atoms with Crippen LogP contribution in [0.4, 0.5) is 5.69 Å². The van der Waals surface area contributed by atoms with Crippen molar-refractivity contribution in [2.24, 2.45) is 5.92 Å². The lowest BCUT2D eigenvalue weighted by molar-refractivity contribution is 0.558. The van der Waals surface area contributed by atoms with Gasteiger partial charge in [-0.1, -0.05) is 0 Å². The second-order valence-electron chi connectivity index (χ2n) is 3.19. The Morgan fingerprint density at radius 2 is 2.50 bits per heavy atom. The SMILES string of the molecule is N#Cc1c(N)cnn1CC1CC1. The summed E-state index contributed by atoms with van der Waals surface area (Å²) in [7, 11) is 0. The van der Waals surface area contributed by atoms with Gasteiger partial charge in [-0.2, -0.15) is 10.4 Å². The molecule has 2 rings (SSSR count). The van der Waals surface area contributed by atoms with Crippen LogP contribution in [0, 0.1) is 17.2 Å². The highest BCUT2D eigenvalue weighted by Gasteiger charge is 2.23. The van der Waals surface area contributed by atoms with E-state index in [1.54, 1.807) is 10.9 Å². The van der Waals surface area contributed by atoms with Crippen LogP contribution >= 0.6 is 0 Å². The molecule has 0 radical (unpaired) electrons. The summed E-state index contributed by atoms with van der Waals surface area (Å²) in [4.78, 5) is 0. The Labute approximate surface area is 70.6 Å². The van der Waals surface area contributed by atoms with Gasteiger partial charge < -0.3 is 5.73 Å². The van der Waals surface area contributed by atoms with E-state index < -0.39 is 0 Å². The maximum absolute atomic E-state index is 8.73. The van der Waals surface area contributed by atoms with Crippen LogP contribution in [0.25, 0.3) is 0 Å². The van der Waals surface area contributed by atoms with Crippen LogP contribution in [-0.2, 0) is 6.54 Å². The smallest absolute Gasteiger partial charge is 0.161 e. The molecule has 0 spiro atoms. The normalized spacial score (nSPS) is 15.9. The molecule has 0 atom stereocenters. The third kappa shape index (κ3) is 1.14. The van der Waals surface area contributed by atoms with E-state index in [0.29, 0.717) is 11.4 Å². The summed E-state index contributed by atoms with van der Waals surface area (Å²) in [5.41, 5.74) is 6.53. The lowest BCUT2D eigenvalue weighted by Crippen LogP contribution is -2.04. The van der Waals surface area contributed by atoms with Crippen LogP contribution in [0.5, 0.6) is 0 Å². The van der Waals surface area contributed by atoms with Gasteiger partial charge in [0, 0.05) is 6.54 Å². The van der Waals surface area contributed by atoms with Gasteiger partial charge in [-0.15, -0.1) is 0 Å². The monoisotopic (exact) mass is 162 g/mol. The first-order chi connectivity index (χ1) is 5.81. The molecule has 0 saturated heterocycles. The van der Waals surface area contributed by atoms with Crippen molar-refractivity contribution in [1.29, 1.82) is 5.26 Å². The van der Waals surface area contributed by atoms with Crippen LogP contribution in [0.15, 0.2) is 6.20 Å². The second-order valence-corrected chi connectivity index (χ2v) is 3.19. The van der Waals surface area contributed by atoms with Gasteiger partial charge in [0.1, 0.15) is 6.07 Å². The minimum atomic E-state index is 0.484. The van der Waals surface area contributed by atoms with Crippen molar-refractivity contribution < 1.29 is 0 Å². The number of anilines is 1. The Hall–Kier alpha value is -1.50. The molecule has 2 N–H and O–H groups in total. The molecule has 1 fully saturated rings. The quantitative estimate of drug-likeness (QED) is 0.697. The van der Waals surface area contributed by atoms with Crippen molar-refractivity contribution >= 4 is 5.69 Å². The van der Waals surface area contributed by atoms with Crippen molar-refractivity contribution in [2.75, 3.05) is 5.73 Å². The van der Waals surface area contributed by atoms with Gasteiger partial charge in [0.15, 0.2) is 5.69 Å². The predicted molar refractivity (Wildman–Crippen MR) is 44.1 cm³/mol. The van der Waals surface area contributed by atoms with Crippen molar-refractivity contribution in [2.45, 2.75) is 19.4 Å². The fourth-order valence-electron chi connectivity index (χ4n) is 1.21. The predicted octanol–water partition coefficient (Wildman–Crippen LogP) is 0.747. The van der Waals surface area contributed by atoms with Crippen molar-refractivity contribution in [3.8, 4) is 6.07 Å². The minimum absolute atomic E-state index is 0.484. The zero-order valence-corrected chi connectivity index (χ0v) is 6.70. The average Bonchev–Trinajstić information content (AvgIpc) is 2.78. The van der Waals surface area contributed by atoms with E-state index in [9.17, 15) is 0 Å². The zero-order chi connectivity index (χ0) is 8.55. The van der Waals surface area contributed by atoms with E-state index in [1.807, 2.05) is 0 Å². The van der Waals surface area contributed by atoms with Gasteiger partial charge in [-0.25, -0.2) is 0 Å². The number of aromatic nitrogens is 2. The molecule has 0 aliphatic heterocycles. The van der Waals surface area contributed by atoms with E-state index in [1.165, 1.54) is 12.8 Å². The molecule has 1 aliphatic carbocycles. The number of nitrogen functional groups attached to an aromatic ring is 1. The van der Waals surface area contributed by atoms with E-state index in [4.69, 9.17) is 11.0 Å². The number of nitrogens with zero attached hydrogens (tertiary/aromatic N) is 3. The topological polar surface area (TPSA) is 67.6 Å². The molecule has 0 unspecified atom stereocenters. The summed E-state index contributed by atoms with van der Waals surface area (Å²) in [6, 6.07) is 2.05. The molecule has 1 heterocycles. The number of rotatable bonds is 2. The first-order valence-electron chi connectivity index (χ1n) is 4.02. The van der Waals surface area contributed by atoms with E-state index in [-0.39, 0.29) is 0 Å². The van der Waals surface area contributed by atoms with Gasteiger partial charge in [0.05, 0.1) is 11.9 Å². The molecular weight excluding hydrogens is 152 g/mol. The Morgan fingerprint density at radius 3 is 3.08 bits per heavy atom. The number of nitriles is 1. The Kier molecular flexibility index (Phi) is 1.51. The van der Waals surface area contributed by atoms with Gasteiger partial charge in [0.2, 0.25) is 0 Å². The zero-order valence-electron chi connectivity index (χ0n) is 6.70. The molecule has 1 aromatic heterocycles. The molecule has 0 aromatic carbocycles. The van der Waals surface area contributed by atoms with Gasteiger partial charge in [0.25, 0.3) is 0 Å². The fourth-order valence-corrected chi connectivity index (χ4v) is 1.21. The first-order valence-corrected chi connectivity index (χ1v) is 4.02. The van der Waals surface area contributed by atoms with Gasteiger partial charge in [-0.3, -0.25) is 4.68 Å². The highest BCUT2D eigenvalue weighted by Crippen LogP contribution is 2.31. The first kappa shape index (κ1) is 7.17. The molecule has 1 aliphatic rings. The molecule has 0 bridgehead atoms. The maximum atomic E-state index is 8.73. The van der Waals surface area contributed by atoms with Crippen molar-refractivity contribution in [3.05, 3.63) is 11.9 Å². The Morgan fingerprint density at radius 1 is 1.75 bits per heavy atom. The summed E-state index contributed by atoms with van der Waals surface area (Å²) in [6.45, 7) is 0.847. The summed E-state index contributed by atoms with van der Waals surface area (Å²) in [5.74, 6) is 0.719. The lowest BCUT2D eigenvalue weighted by atomic mass is 10.3. The van der Waals surface area contributed by atoms with E-state index in [2.05, 4.69) is 11.2 Å². The van der Waals surface area contributed by atoms with Crippen LogP contribution < -0.4 is 5.73 Å². The number of hydrogen-bond acceptors (Lipinski definition) is 3. The molecule has 0 amide bonds. The molecule has 62 valence electrons. The highest BCUT2D eigenvalue weighted by atomic mass is 15.3. The fraction of sp³-hybridized carbons (Fsp3) is 0.500. The number of nitrogens with two attached hydrogens (primary N) is 1. The van der Waals surface area contributed by atoms with Gasteiger partial charge >= 0.3 is 0 Å². The van der Waals surface area contributed by atoms with Gasteiger partial charge in [-0.05, 0) is 18.8 Å². The average molecular weight is 162 g/mol. The van der Waals surface area contributed by atoms with Crippen LogP contribution in [0.3, 0.4) is 0 Å². The molecule has 4 heteroatoms. The van der Waals surface area contributed by atoms with E-state index >= 15 is 0 Å². The summed E-state index contributed by atoms with van der Waals surface area (Å²) in [6.07, 6.45) is 4.05. The van der Waals surface area contributed by atoms with E-state index in [0.717, 1.165) is 12.5 Å². The largest absolute Gasteiger partial charge is 0.395 e. The molecule has 4 nitrogen and oxygen atoms in total. The van der Waals surface area contributed by atoms with Crippen LogP contribution in [0.1, 0.15) is 18.5 Å². The standard InChI is InChI=1S/C8H10N4/c9-3-8-7(10)4-11-12(8)5-6-1-2-6/h4,6H,1-2,5,10H2. The maximum Gasteiger partial charge on any atom is 0.161 e. The number of hydrogen-bond donors (Lipinski definition) is 1. The van der Waals surface area contributed by atoms with Crippen molar-refractivity contribution in [3.63, 3.8) is 0 Å². The van der Waals surface area contributed by atoms with Crippen molar-refractivity contribution in [1.82, 2.24) is 9.78 Å². The molecular formula is C8H10N4. The second kappa shape index (κ2) is 2.52. The molecule has 1 saturated carbocycles. The minimum Gasteiger partial charge on any atom is -0.395 e. The lowest BCUT2D eigenvalue weighted by Gasteiger charge is -1.99. The summed E-state index contributed by atoms with van der Waals surface area (Å²) >= 11 is 0. The third-order valence-corrected chi connectivity index (χ3v) is 2.10. The summed E-state index contributed by atoms with van der Waals surface area (Å²) in [5, 5.41) is 12.8. The summed E-state index contributed by atoms with van der Waals surface area (Å²) < 4.78 is 1.70. The molecule has 1 aromatic rings. The van der Waals surface area contributed by atoms with Crippen LogP contribution in [0.2, 0.25) is 0 Å². The third-order valence-electron chi connectivity index (χ3n) is 2.10.